The van der Waals surface area contributed by atoms with Gasteiger partial charge in [0.25, 0.3) is 0 Å². The summed E-state index contributed by atoms with van der Waals surface area (Å²) in [6.07, 6.45) is 6.74. The minimum absolute atomic E-state index is 0.134. The van der Waals surface area contributed by atoms with E-state index in [1.165, 1.54) is 10.8 Å². The van der Waals surface area contributed by atoms with Gasteiger partial charge >= 0.3 is 0 Å². The van der Waals surface area contributed by atoms with E-state index >= 15 is 0 Å². The van der Waals surface area contributed by atoms with Gasteiger partial charge in [-0.25, -0.2) is 9.97 Å². The molecule has 0 bridgehead atoms. The van der Waals surface area contributed by atoms with Crippen LogP contribution in [-0.2, 0) is 0 Å². The largest absolute Gasteiger partial charge is 0.227 e. The zero-order valence-corrected chi connectivity index (χ0v) is 31.5. The molecule has 0 aliphatic heterocycles. The predicted molar refractivity (Wildman–Crippen MR) is 237 cm³/mol. The number of benzene rings is 8. The fraction of sp³-hybridized carbons (Fsp3) is 0.0370. The van der Waals surface area contributed by atoms with Crippen molar-refractivity contribution in [3.63, 3.8) is 0 Å². The van der Waals surface area contributed by atoms with Crippen LogP contribution in [0, 0.1) is 22.7 Å². The molecule has 270 valence electrons. The second kappa shape index (κ2) is 14.6. The highest BCUT2D eigenvalue weighted by atomic mass is 14.9. The van der Waals surface area contributed by atoms with Crippen molar-refractivity contribution in [2.24, 2.45) is 0 Å². The maximum absolute atomic E-state index is 9.61. The first-order chi connectivity index (χ1) is 28.6. The minimum Gasteiger partial charge on any atom is -0.227 e. The quantitative estimate of drug-likeness (QED) is 0.170. The van der Waals surface area contributed by atoms with Crippen LogP contribution >= 0.6 is 0 Å². The molecule has 0 radical (unpaired) electrons. The molecule has 1 atom stereocenters. The zero-order chi connectivity index (χ0) is 39.0. The van der Waals surface area contributed by atoms with Gasteiger partial charge in [0.15, 0.2) is 5.82 Å². The van der Waals surface area contributed by atoms with Crippen LogP contribution in [-0.4, -0.2) is 9.97 Å². The number of fused-ring (bicyclic) bond motifs is 3. The van der Waals surface area contributed by atoms with Gasteiger partial charge < -0.3 is 0 Å². The van der Waals surface area contributed by atoms with Crippen LogP contribution < -0.4 is 0 Å². The van der Waals surface area contributed by atoms with Gasteiger partial charge in [0, 0.05) is 33.6 Å². The Morgan fingerprint density at radius 1 is 0.483 bits per heavy atom. The van der Waals surface area contributed by atoms with Crippen molar-refractivity contribution >= 4 is 32.4 Å². The lowest BCUT2D eigenvalue weighted by Crippen LogP contribution is -2.01. The van der Waals surface area contributed by atoms with Gasteiger partial charge in [0.05, 0.1) is 28.9 Å². The highest BCUT2D eigenvalue weighted by Gasteiger charge is 2.20. The first-order valence-corrected chi connectivity index (χ1v) is 19.4. The smallest absolute Gasteiger partial charge is 0.160 e. The van der Waals surface area contributed by atoms with Crippen molar-refractivity contribution in [3.05, 3.63) is 205 Å². The summed E-state index contributed by atoms with van der Waals surface area (Å²) >= 11 is 0. The Morgan fingerprint density at radius 2 is 1.14 bits per heavy atom. The summed E-state index contributed by atoms with van der Waals surface area (Å²) in [5, 5.41) is 24.8. The number of allylic oxidation sites excluding steroid dienone is 4. The number of rotatable bonds is 6. The summed E-state index contributed by atoms with van der Waals surface area (Å²) in [5.74, 6) is 0.761. The van der Waals surface area contributed by atoms with E-state index in [-0.39, 0.29) is 5.92 Å². The molecule has 10 rings (SSSR count). The lowest BCUT2D eigenvalue weighted by Gasteiger charge is -2.18. The van der Waals surface area contributed by atoms with Gasteiger partial charge in [-0.05, 0) is 91.7 Å². The zero-order valence-electron chi connectivity index (χ0n) is 31.5. The lowest BCUT2D eigenvalue weighted by molar-refractivity contribution is 0.831. The van der Waals surface area contributed by atoms with Crippen molar-refractivity contribution in [2.75, 3.05) is 0 Å². The number of nitrogens with zero attached hydrogens (tertiary/aromatic N) is 4. The molecule has 4 heteroatoms. The van der Waals surface area contributed by atoms with Crippen LogP contribution in [0.3, 0.4) is 0 Å². The molecule has 0 spiro atoms. The Morgan fingerprint density at radius 3 is 1.88 bits per heavy atom. The summed E-state index contributed by atoms with van der Waals surface area (Å²) in [5.41, 5.74) is 12.5. The Labute approximate surface area is 337 Å². The van der Waals surface area contributed by atoms with E-state index < -0.39 is 0 Å². The molecule has 0 amide bonds. The van der Waals surface area contributed by atoms with Crippen LogP contribution in [0.1, 0.15) is 23.5 Å². The molecule has 0 saturated heterocycles. The topological polar surface area (TPSA) is 73.4 Å². The molecule has 9 aromatic rings. The van der Waals surface area contributed by atoms with Crippen LogP contribution in [0.5, 0.6) is 0 Å². The van der Waals surface area contributed by atoms with Crippen molar-refractivity contribution in [1.29, 1.82) is 10.5 Å². The number of nitriles is 2. The maximum atomic E-state index is 9.61. The van der Waals surface area contributed by atoms with E-state index in [9.17, 15) is 10.5 Å². The highest BCUT2D eigenvalue weighted by molar-refractivity contribution is 6.10. The third-order valence-corrected chi connectivity index (χ3v) is 11.3. The van der Waals surface area contributed by atoms with Crippen molar-refractivity contribution in [2.45, 2.75) is 12.3 Å². The molecule has 1 heterocycles. The average molecular weight is 739 g/mol. The fourth-order valence-electron chi connectivity index (χ4n) is 8.34. The van der Waals surface area contributed by atoms with E-state index in [1.807, 2.05) is 36.4 Å². The summed E-state index contributed by atoms with van der Waals surface area (Å²) < 4.78 is 0. The fourth-order valence-corrected chi connectivity index (χ4v) is 8.34. The molecule has 0 N–H and O–H groups in total. The molecule has 8 aromatic carbocycles. The van der Waals surface area contributed by atoms with Crippen molar-refractivity contribution in [3.8, 4) is 68.2 Å². The molecule has 58 heavy (non-hydrogen) atoms. The van der Waals surface area contributed by atoms with Gasteiger partial charge in [-0.3, -0.25) is 0 Å². The van der Waals surface area contributed by atoms with Crippen LogP contribution in [0.15, 0.2) is 194 Å². The summed E-state index contributed by atoms with van der Waals surface area (Å²) in [4.78, 5) is 10.9. The van der Waals surface area contributed by atoms with Gasteiger partial charge in [-0.1, -0.05) is 158 Å². The van der Waals surface area contributed by atoms with E-state index in [2.05, 4.69) is 164 Å². The lowest BCUT2D eigenvalue weighted by atomic mass is 9.87. The SMILES string of the molecule is N#CC1=CC=CC(c2ccc(-c3nc(-c4ccc(-c5cccc(C#N)c5)cc4)nc4c(-c5cccc6ccccc56)cc(-c5cccc6ccccc56)cc34)cc2)C1. The van der Waals surface area contributed by atoms with Gasteiger partial charge in [0.1, 0.15) is 0 Å². The second-order valence-corrected chi connectivity index (χ2v) is 14.8. The molecule has 4 nitrogen and oxygen atoms in total. The number of hydrogen-bond donors (Lipinski definition) is 0. The first-order valence-electron chi connectivity index (χ1n) is 19.4. The van der Waals surface area contributed by atoms with E-state index in [4.69, 9.17) is 9.97 Å². The van der Waals surface area contributed by atoms with Crippen molar-refractivity contribution < 1.29 is 0 Å². The molecule has 1 unspecified atom stereocenters. The molecule has 0 fully saturated rings. The Kier molecular flexibility index (Phi) is 8.71. The van der Waals surface area contributed by atoms with E-state index in [0.29, 0.717) is 17.8 Å². The number of hydrogen-bond acceptors (Lipinski definition) is 4. The Balaban J connectivity index is 1.23. The molecule has 1 aliphatic carbocycles. The monoisotopic (exact) mass is 738 g/mol. The molecule has 1 aliphatic rings. The number of aromatic nitrogens is 2. The predicted octanol–water partition coefficient (Wildman–Crippen LogP) is 13.6. The third kappa shape index (κ3) is 6.30. The van der Waals surface area contributed by atoms with Crippen molar-refractivity contribution in [1.82, 2.24) is 9.97 Å². The van der Waals surface area contributed by atoms with E-state index in [1.54, 1.807) is 0 Å². The third-order valence-electron chi connectivity index (χ3n) is 11.3. The van der Waals surface area contributed by atoms with Crippen LogP contribution in [0.4, 0.5) is 0 Å². The maximum Gasteiger partial charge on any atom is 0.160 e. The van der Waals surface area contributed by atoms with E-state index in [0.717, 1.165) is 83.0 Å². The van der Waals surface area contributed by atoms with Crippen LogP contribution in [0.25, 0.3) is 88.5 Å². The highest BCUT2D eigenvalue weighted by Crippen LogP contribution is 2.42. The second-order valence-electron chi connectivity index (χ2n) is 14.8. The summed E-state index contributed by atoms with van der Waals surface area (Å²) in [6.45, 7) is 0. The summed E-state index contributed by atoms with van der Waals surface area (Å²) in [6, 6.07) is 63.8. The Hall–Kier alpha value is -7.92. The molecule has 0 saturated carbocycles. The van der Waals surface area contributed by atoms with Gasteiger partial charge in [-0.2, -0.15) is 10.5 Å². The first kappa shape index (κ1) is 34.6. The summed E-state index contributed by atoms with van der Waals surface area (Å²) in [7, 11) is 0. The minimum atomic E-state index is 0.134. The normalized spacial score (nSPS) is 13.6. The standard InChI is InChI=1S/C54H34N4/c55-33-35-9-5-15-43(29-35)37-21-25-41(26-22-37)52-51-32-45(48-19-7-13-39-11-1-3-17-46(39)48)31-50(49-20-8-14-40-12-2-4-18-47(40)49)53(51)58-54(57-52)42-27-23-38(24-28-42)44-16-6-10-36(30-44)34-56/h1-28,30-32,43H,29H2. The molecule has 1 aromatic heterocycles. The molecular weight excluding hydrogens is 705 g/mol. The van der Waals surface area contributed by atoms with Crippen LogP contribution in [0.2, 0.25) is 0 Å². The Bertz CT molecular complexity index is 3200. The van der Waals surface area contributed by atoms with Gasteiger partial charge in [0.2, 0.25) is 0 Å². The average Bonchev–Trinajstić information content (AvgIpc) is 3.30. The van der Waals surface area contributed by atoms with Gasteiger partial charge in [-0.15, -0.1) is 0 Å². The molecular formula is C54H34N4.